The Hall–Kier alpha value is -0.300. The van der Waals surface area contributed by atoms with Crippen molar-refractivity contribution in [1.29, 1.82) is 0 Å². The van der Waals surface area contributed by atoms with Crippen LogP contribution in [0.3, 0.4) is 0 Å². The highest BCUT2D eigenvalue weighted by molar-refractivity contribution is 5.21. The highest BCUT2D eigenvalue weighted by atomic mass is 14.9. The number of rotatable bonds is 1. The first-order chi connectivity index (χ1) is 6.38. The van der Waals surface area contributed by atoms with Crippen molar-refractivity contribution in [2.75, 3.05) is 13.1 Å². The Labute approximate surface area is 80.6 Å². The van der Waals surface area contributed by atoms with Crippen LogP contribution in [0.4, 0.5) is 0 Å². The fraction of sp³-hybridized carbons (Fsp3) is 0.833. The molecule has 0 radical (unpaired) electrons. The molecule has 1 saturated heterocycles. The molecule has 0 unspecified atom stereocenters. The van der Waals surface area contributed by atoms with Gasteiger partial charge in [0.25, 0.3) is 0 Å². The first kappa shape index (κ1) is 8.05. The molecule has 1 saturated carbocycles. The van der Waals surface area contributed by atoms with Gasteiger partial charge in [0.2, 0.25) is 0 Å². The summed E-state index contributed by atoms with van der Waals surface area (Å²) in [6, 6.07) is 0. The predicted molar refractivity (Wildman–Crippen MR) is 54.6 cm³/mol. The van der Waals surface area contributed by atoms with Crippen LogP contribution in [0.1, 0.15) is 38.5 Å². The molecule has 2 aliphatic carbocycles. The lowest BCUT2D eigenvalue weighted by molar-refractivity contribution is 0.215. The summed E-state index contributed by atoms with van der Waals surface area (Å²) in [5, 5.41) is 3.47. The van der Waals surface area contributed by atoms with Crippen LogP contribution in [0.2, 0.25) is 0 Å². The smallest absolute Gasteiger partial charge is 0.00434 e. The molecule has 13 heavy (non-hydrogen) atoms. The molecule has 2 fully saturated rings. The van der Waals surface area contributed by atoms with Crippen LogP contribution in [0.25, 0.3) is 0 Å². The monoisotopic (exact) mass is 177 g/mol. The molecular formula is C12H19N. The van der Waals surface area contributed by atoms with E-state index in [1.54, 1.807) is 0 Å². The van der Waals surface area contributed by atoms with E-state index in [9.17, 15) is 0 Å². The lowest BCUT2D eigenvalue weighted by Crippen LogP contribution is -2.35. The lowest BCUT2D eigenvalue weighted by atomic mass is 9.76. The van der Waals surface area contributed by atoms with E-state index in [-0.39, 0.29) is 0 Å². The summed E-state index contributed by atoms with van der Waals surface area (Å²) in [5.41, 5.74) is 2.53. The Bertz CT molecular complexity index is 232. The molecular weight excluding hydrogens is 158 g/mol. The molecule has 0 aromatic carbocycles. The zero-order chi connectivity index (χ0) is 8.73. The van der Waals surface area contributed by atoms with E-state index in [0.717, 1.165) is 5.92 Å². The summed E-state index contributed by atoms with van der Waals surface area (Å²) in [6.45, 7) is 2.51. The van der Waals surface area contributed by atoms with E-state index in [4.69, 9.17) is 0 Å². The molecule has 1 aliphatic heterocycles. The summed E-state index contributed by atoms with van der Waals surface area (Å²) >= 11 is 0. The van der Waals surface area contributed by atoms with Gasteiger partial charge in [-0.25, -0.2) is 0 Å². The highest BCUT2D eigenvalue weighted by Crippen LogP contribution is 2.51. The Morgan fingerprint density at radius 1 is 1.23 bits per heavy atom. The third-order valence-corrected chi connectivity index (χ3v) is 4.14. The largest absolute Gasteiger partial charge is 0.317 e. The van der Waals surface area contributed by atoms with E-state index in [2.05, 4.69) is 11.4 Å². The number of hydrogen-bond acceptors (Lipinski definition) is 1. The van der Waals surface area contributed by atoms with Crippen LogP contribution in [-0.4, -0.2) is 13.1 Å². The second-order valence-electron chi connectivity index (χ2n) is 5.18. The van der Waals surface area contributed by atoms with Gasteiger partial charge in [-0.15, -0.1) is 0 Å². The fourth-order valence-electron chi connectivity index (χ4n) is 3.03. The minimum absolute atomic E-state index is 0.711. The van der Waals surface area contributed by atoms with Gasteiger partial charge in [-0.3, -0.25) is 0 Å². The molecule has 0 bridgehead atoms. The average molecular weight is 177 g/mol. The lowest BCUT2D eigenvalue weighted by Gasteiger charge is -2.34. The second-order valence-corrected chi connectivity index (χ2v) is 5.18. The van der Waals surface area contributed by atoms with Crippen LogP contribution >= 0.6 is 0 Å². The van der Waals surface area contributed by atoms with Crippen LogP contribution in [-0.2, 0) is 0 Å². The maximum Gasteiger partial charge on any atom is -0.00434 e. The zero-order valence-corrected chi connectivity index (χ0v) is 8.31. The van der Waals surface area contributed by atoms with Crippen LogP contribution < -0.4 is 5.32 Å². The van der Waals surface area contributed by atoms with Crippen LogP contribution in [0, 0.1) is 11.3 Å². The Balaban J connectivity index is 1.68. The van der Waals surface area contributed by atoms with E-state index in [1.807, 2.05) is 5.57 Å². The summed E-state index contributed by atoms with van der Waals surface area (Å²) in [7, 11) is 0. The molecule has 1 spiro atoms. The second kappa shape index (κ2) is 2.84. The summed E-state index contributed by atoms with van der Waals surface area (Å²) in [5.74, 6) is 1.02. The molecule has 1 heteroatoms. The summed E-state index contributed by atoms with van der Waals surface area (Å²) in [6.07, 6.45) is 11.2. The van der Waals surface area contributed by atoms with Crippen molar-refractivity contribution < 1.29 is 0 Å². The average Bonchev–Trinajstić information content (AvgIpc) is 2.93. The highest BCUT2D eigenvalue weighted by Gasteiger charge is 2.39. The Morgan fingerprint density at radius 3 is 2.69 bits per heavy atom. The number of piperidine rings is 1. The summed E-state index contributed by atoms with van der Waals surface area (Å²) in [4.78, 5) is 0. The molecule has 0 amide bonds. The van der Waals surface area contributed by atoms with Crippen molar-refractivity contribution in [3.05, 3.63) is 11.6 Å². The van der Waals surface area contributed by atoms with Crippen molar-refractivity contribution in [2.45, 2.75) is 38.5 Å². The van der Waals surface area contributed by atoms with Crippen molar-refractivity contribution >= 4 is 0 Å². The van der Waals surface area contributed by atoms with Crippen molar-refractivity contribution in [3.63, 3.8) is 0 Å². The maximum absolute atomic E-state index is 3.47. The fourth-order valence-corrected chi connectivity index (χ4v) is 3.03. The first-order valence-electron chi connectivity index (χ1n) is 5.78. The standard InChI is InChI=1S/C12H19N/c1-2-10(1)11-3-4-12(9-11)5-7-13-8-6-12/h3,10,13H,1-2,4-9H2. The molecule has 0 aromatic heterocycles. The third kappa shape index (κ3) is 1.43. The van der Waals surface area contributed by atoms with Crippen LogP contribution in [0.5, 0.6) is 0 Å². The number of nitrogens with one attached hydrogen (secondary N) is 1. The van der Waals surface area contributed by atoms with Gasteiger partial charge in [0.1, 0.15) is 0 Å². The molecule has 3 aliphatic rings. The van der Waals surface area contributed by atoms with E-state index in [0.29, 0.717) is 5.41 Å². The quantitative estimate of drug-likeness (QED) is 0.607. The summed E-state index contributed by atoms with van der Waals surface area (Å²) < 4.78 is 0. The minimum Gasteiger partial charge on any atom is -0.317 e. The Morgan fingerprint density at radius 2 is 2.00 bits per heavy atom. The van der Waals surface area contributed by atoms with Gasteiger partial charge in [-0.1, -0.05) is 11.6 Å². The van der Waals surface area contributed by atoms with E-state index in [1.165, 1.54) is 51.6 Å². The molecule has 0 atom stereocenters. The topological polar surface area (TPSA) is 12.0 Å². The van der Waals surface area contributed by atoms with Gasteiger partial charge in [-0.05, 0) is 62.9 Å². The van der Waals surface area contributed by atoms with Gasteiger partial charge in [0.15, 0.2) is 0 Å². The van der Waals surface area contributed by atoms with Gasteiger partial charge in [0.05, 0.1) is 0 Å². The predicted octanol–water partition coefficient (Wildman–Crippen LogP) is 2.49. The van der Waals surface area contributed by atoms with Gasteiger partial charge in [0, 0.05) is 0 Å². The third-order valence-electron chi connectivity index (χ3n) is 4.14. The zero-order valence-electron chi connectivity index (χ0n) is 8.31. The first-order valence-corrected chi connectivity index (χ1v) is 5.78. The minimum atomic E-state index is 0.711. The number of allylic oxidation sites excluding steroid dienone is 2. The normalized spacial score (nSPS) is 32.2. The van der Waals surface area contributed by atoms with Crippen molar-refractivity contribution in [2.24, 2.45) is 11.3 Å². The van der Waals surface area contributed by atoms with E-state index < -0.39 is 0 Å². The van der Waals surface area contributed by atoms with Crippen molar-refractivity contribution in [1.82, 2.24) is 5.32 Å². The van der Waals surface area contributed by atoms with E-state index >= 15 is 0 Å². The van der Waals surface area contributed by atoms with Gasteiger partial charge >= 0.3 is 0 Å². The van der Waals surface area contributed by atoms with Gasteiger partial charge in [-0.2, -0.15) is 0 Å². The molecule has 0 aromatic rings. The molecule has 3 rings (SSSR count). The molecule has 72 valence electrons. The maximum atomic E-state index is 3.47. The van der Waals surface area contributed by atoms with Crippen molar-refractivity contribution in [3.8, 4) is 0 Å². The van der Waals surface area contributed by atoms with Crippen LogP contribution in [0.15, 0.2) is 11.6 Å². The van der Waals surface area contributed by atoms with Gasteiger partial charge < -0.3 is 5.32 Å². The number of hydrogen-bond donors (Lipinski definition) is 1. The molecule has 1 heterocycles. The molecule has 1 N–H and O–H groups in total. The molecule has 1 nitrogen and oxygen atoms in total. The Kier molecular flexibility index (Phi) is 1.76. The SMILES string of the molecule is C1=C(C2CC2)CC2(C1)CCNCC2.